The monoisotopic (exact) mass is 686 g/mol. The molecule has 0 spiro atoms. The number of hydrogen-bond donors (Lipinski definition) is 1. The van der Waals surface area contributed by atoms with Crippen molar-refractivity contribution in [2.75, 3.05) is 28.7 Å². The minimum Gasteiger partial charge on any atom is -0.468 e. The van der Waals surface area contributed by atoms with Crippen molar-refractivity contribution >= 4 is 69.1 Å². The first-order chi connectivity index (χ1) is 20.8. The average molecular weight is 686 g/mol. The molecule has 1 N–H and O–H groups in total. The Morgan fingerprint density at radius 1 is 0.907 bits per heavy atom. The summed E-state index contributed by atoms with van der Waals surface area (Å²) in [7, 11) is 2.69. The maximum Gasteiger partial charge on any atom is 0.409 e. The van der Waals surface area contributed by atoms with Gasteiger partial charge in [-0.15, -0.1) is 0 Å². The molecule has 0 atom stereocenters. The van der Waals surface area contributed by atoms with Gasteiger partial charge in [0.1, 0.15) is 0 Å². The highest BCUT2D eigenvalue weighted by atomic mass is 127. The van der Waals surface area contributed by atoms with E-state index >= 15 is 0 Å². The molecule has 2 aliphatic rings. The summed E-state index contributed by atoms with van der Waals surface area (Å²) in [6, 6.07) is 23.6. The van der Waals surface area contributed by atoms with Crippen LogP contribution in [-0.2, 0) is 44.9 Å². The van der Waals surface area contributed by atoms with Crippen LogP contribution in [0.2, 0.25) is 0 Å². The fraction of sp³-hybridized carbons (Fsp3) is 0.314. The summed E-state index contributed by atoms with van der Waals surface area (Å²) in [4.78, 5) is 28.9. The fourth-order valence-corrected chi connectivity index (χ4v) is 7.68. The lowest BCUT2D eigenvalue weighted by molar-refractivity contribution is -0.168. The first-order valence-electron chi connectivity index (χ1n) is 14.8. The van der Waals surface area contributed by atoms with Crippen molar-refractivity contribution in [2.45, 2.75) is 46.1 Å². The third kappa shape index (κ3) is 4.87. The molecule has 220 valence electrons. The SMILES string of the molecule is COC(=O)C1(C(=O)OC)Cc2c(C)c(CCCI)c(B3Nc4cccc5cccc(c45)N3Cc3ccccc3)c(C)c2C1. The number of fused-ring (bicyclic) bond motifs is 1. The molecule has 6 nitrogen and oxygen atoms in total. The van der Waals surface area contributed by atoms with Gasteiger partial charge in [-0.05, 0) is 87.5 Å². The molecule has 4 aromatic rings. The Labute approximate surface area is 267 Å². The van der Waals surface area contributed by atoms with Crippen LogP contribution in [-0.4, -0.2) is 37.6 Å². The highest BCUT2D eigenvalue weighted by Crippen LogP contribution is 2.44. The van der Waals surface area contributed by atoms with Crippen LogP contribution >= 0.6 is 22.6 Å². The van der Waals surface area contributed by atoms with Gasteiger partial charge in [0.25, 0.3) is 0 Å². The lowest BCUT2D eigenvalue weighted by Gasteiger charge is -2.40. The van der Waals surface area contributed by atoms with E-state index in [1.165, 1.54) is 47.3 Å². The number of nitrogens with zero attached hydrogens (tertiary/aromatic N) is 1. The van der Waals surface area contributed by atoms with Gasteiger partial charge in [0, 0.05) is 36.1 Å². The first kappa shape index (κ1) is 29.5. The number of nitrogens with one attached hydrogen (secondary N) is 1. The molecule has 0 unspecified atom stereocenters. The maximum absolute atomic E-state index is 13.2. The zero-order valence-electron chi connectivity index (χ0n) is 25.1. The number of methoxy groups -OCH3 is 2. The van der Waals surface area contributed by atoms with E-state index in [4.69, 9.17) is 9.47 Å². The molecule has 43 heavy (non-hydrogen) atoms. The average Bonchev–Trinajstić information content (AvgIpc) is 3.46. The summed E-state index contributed by atoms with van der Waals surface area (Å²) in [6.07, 6.45) is 2.50. The van der Waals surface area contributed by atoms with Crippen LogP contribution in [0.3, 0.4) is 0 Å². The van der Waals surface area contributed by atoms with Crippen LogP contribution in [0.1, 0.15) is 39.8 Å². The van der Waals surface area contributed by atoms with Crippen molar-refractivity contribution in [1.82, 2.24) is 0 Å². The quantitative estimate of drug-likeness (QED) is 0.0798. The van der Waals surface area contributed by atoms with E-state index in [1.54, 1.807) is 0 Å². The Kier molecular flexibility index (Phi) is 8.15. The molecule has 1 heterocycles. The Morgan fingerprint density at radius 2 is 1.56 bits per heavy atom. The molecule has 1 aliphatic carbocycles. The van der Waals surface area contributed by atoms with Gasteiger partial charge in [0.05, 0.1) is 14.2 Å². The second-order valence-electron chi connectivity index (χ2n) is 11.7. The van der Waals surface area contributed by atoms with E-state index in [1.807, 2.05) is 0 Å². The molecule has 4 aromatic carbocycles. The number of esters is 2. The van der Waals surface area contributed by atoms with Gasteiger partial charge in [-0.3, -0.25) is 9.59 Å². The van der Waals surface area contributed by atoms with Gasteiger partial charge in [0.15, 0.2) is 5.41 Å². The number of rotatable bonds is 8. The van der Waals surface area contributed by atoms with E-state index in [2.05, 4.69) is 113 Å². The standard InChI is InChI=1S/C35H36BIN2O4/c1-22-26(15-10-18-37)32(23(2)28-20-35(19-27(22)28,33(40)42-3)34(41)43-4)36-38-29-16-8-13-25-14-9-17-30(31(25)29)39(36)21-24-11-6-5-7-12-24/h5-9,11-14,16-17,38H,10,15,18-21H2,1-4H3. The van der Waals surface area contributed by atoms with Crippen LogP contribution in [0.4, 0.5) is 11.4 Å². The molecule has 0 aromatic heterocycles. The highest BCUT2D eigenvalue weighted by molar-refractivity contribution is 14.1. The van der Waals surface area contributed by atoms with Crippen LogP contribution in [0.15, 0.2) is 66.7 Å². The number of halogens is 1. The molecule has 6 rings (SSSR count). The topological polar surface area (TPSA) is 67.9 Å². The van der Waals surface area contributed by atoms with E-state index in [9.17, 15) is 9.59 Å². The molecular weight excluding hydrogens is 650 g/mol. The van der Waals surface area contributed by atoms with Crippen molar-refractivity contribution in [2.24, 2.45) is 5.41 Å². The number of benzene rings is 4. The molecule has 0 saturated heterocycles. The van der Waals surface area contributed by atoms with Crippen LogP contribution in [0.25, 0.3) is 10.8 Å². The second kappa shape index (κ2) is 11.9. The molecule has 0 radical (unpaired) electrons. The van der Waals surface area contributed by atoms with Crippen molar-refractivity contribution in [3.8, 4) is 0 Å². The summed E-state index contributed by atoms with van der Waals surface area (Å²) < 4.78 is 11.5. The second-order valence-corrected chi connectivity index (χ2v) is 12.7. The van der Waals surface area contributed by atoms with E-state index in [0.717, 1.165) is 51.8 Å². The molecule has 1 aliphatic heterocycles. The van der Waals surface area contributed by atoms with Crippen LogP contribution in [0, 0.1) is 19.3 Å². The van der Waals surface area contributed by atoms with Gasteiger partial charge < -0.3 is 19.5 Å². The van der Waals surface area contributed by atoms with Gasteiger partial charge in [-0.2, -0.15) is 0 Å². The fourth-order valence-electron chi connectivity index (χ4n) is 7.30. The first-order valence-corrected chi connectivity index (χ1v) is 16.3. The Morgan fingerprint density at radius 3 is 2.21 bits per heavy atom. The Hall–Kier alpha value is -3.53. The molecule has 0 bridgehead atoms. The summed E-state index contributed by atoms with van der Waals surface area (Å²) >= 11 is 2.45. The molecule has 0 fully saturated rings. The van der Waals surface area contributed by atoms with E-state index in [-0.39, 0.29) is 13.4 Å². The number of hydrogen-bond acceptors (Lipinski definition) is 6. The van der Waals surface area contributed by atoms with Gasteiger partial charge in [-0.25, -0.2) is 0 Å². The van der Waals surface area contributed by atoms with Gasteiger partial charge in [0.2, 0.25) is 0 Å². The van der Waals surface area contributed by atoms with E-state index < -0.39 is 17.4 Å². The third-order valence-electron chi connectivity index (χ3n) is 9.39. The molecule has 0 amide bonds. The number of carbonyl (C=O) groups excluding carboxylic acids is 2. The van der Waals surface area contributed by atoms with Crippen molar-refractivity contribution in [1.29, 1.82) is 0 Å². The summed E-state index contributed by atoms with van der Waals surface area (Å²) in [6.45, 7) is 4.89. The lowest BCUT2D eigenvalue weighted by atomic mass is 9.58. The van der Waals surface area contributed by atoms with Gasteiger partial charge in [-0.1, -0.05) is 77.2 Å². The molecular formula is C35H36BIN2O4. The van der Waals surface area contributed by atoms with E-state index in [0.29, 0.717) is 6.42 Å². The predicted octanol–water partition coefficient (Wildman–Crippen LogP) is 6.08. The van der Waals surface area contributed by atoms with Crippen molar-refractivity contribution < 1.29 is 19.1 Å². The predicted molar refractivity (Wildman–Crippen MR) is 183 cm³/mol. The smallest absolute Gasteiger partial charge is 0.409 e. The summed E-state index contributed by atoms with van der Waals surface area (Å²) in [5.41, 5.74) is 9.10. The van der Waals surface area contributed by atoms with Crippen molar-refractivity contribution in [3.05, 3.63) is 100 Å². The normalized spacial score (nSPS) is 14.8. The number of ether oxygens (including phenoxy) is 2. The number of alkyl halides is 1. The Bertz CT molecular complexity index is 1700. The van der Waals surface area contributed by atoms with Gasteiger partial charge >= 0.3 is 18.9 Å². The summed E-state index contributed by atoms with van der Waals surface area (Å²) in [5.74, 6) is -1.07. The zero-order valence-corrected chi connectivity index (χ0v) is 27.3. The van der Waals surface area contributed by atoms with Crippen LogP contribution in [0.5, 0.6) is 0 Å². The zero-order chi connectivity index (χ0) is 30.3. The summed E-state index contributed by atoms with van der Waals surface area (Å²) in [5, 5.41) is 6.37. The largest absolute Gasteiger partial charge is 0.468 e. The number of anilines is 2. The number of carbonyl (C=O) groups is 2. The minimum absolute atomic E-state index is 0.153. The van der Waals surface area contributed by atoms with Crippen LogP contribution < -0.4 is 15.5 Å². The molecule has 0 saturated carbocycles. The highest BCUT2D eigenvalue weighted by Gasteiger charge is 2.54. The minimum atomic E-state index is -1.37. The Balaban J connectivity index is 1.58. The maximum atomic E-state index is 13.2. The third-order valence-corrected chi connectivity index (χ3v) is 10.1. The lowest BCUT2D eigenvalue weighted by Crippen LogP contribution is -2.58. The van der Waals surface area contributed by atoms with Crippen molar-refractivity contribution in [3.63, 3.8) is 0 Å². The molecule has 8 heteroatoms.